The fraction of sp³-hybridized carbons (Fsp3) is 0.533. The Kier molecular flexibility index (Phi) is 5.36. The van der Waals surface area contributed by atoms with Crippen molar-refractivity contribution in [1.29, 1.82) is 0 Å². The van der Waals surface area contributed by atoms with Gasteiger partial charge in [0.1, 0.15) is 5.75 Å². The van der Waals surface area contributed by atoms with Crippen LogP contribution in [0.2, 0.25) is 0 Å². The van der Waals surface area contributed by atoms with Crippen LogP contribution in [0.25, 0.3) is 0 Å². The van der Waals surface area contributed by atoms with Gasteiger partial charge in [0, 0.05) is 18.3 Å². The van der Waals surface area contributed by atoms with E-state index in [1.165, 1.54) is 0 Å². The number of carbonyl (C=O) groups is 1. The molecule has 1 atom stereocenters. The maximum Gasteiger partial charge on any atom is 0.231 e. The molecule has 0 heterocycles. The zero-order chi connectivity index (χ0) is 14.5. The third-order valence-electron chi connectivity index (χ3n) is 3.13. The van der Waals surface area contributed by atoms with Crippen LogP contribution in [0.1, 0.15) is 34.1 Å². The molecule has 19 heavy (non-hydrogen) atoms. The summed E-state index contributed by atoms with van der Waals surface area (Å²) in [6.07, 6.45) is 1.10. The smallest absolute Gasteiger partial charge is 0.231 e. The van der Waals surface area contributed by atoms with Gasteiger partial charge in [0.25, 0.3) is 0 Å². The van der Waals surface area contributed by atoms with E-state index in [-0.39, 0.29) is 12.0 Å². The summed E-state index contributed by atoms with van der Waals surface area (Å²) in [7, 11) is 0. The van der Waals surface area contributed by atoms with Crippen molar-refractivity contribution in [3.05, 3.63) is 24.3 Å². The van der Waals surface area contributed by atoms with Crippen LogP contribution < -0.4 is 15.8 Å². The first-order chi connectivity index (χ1) is 8.89. The lowest BCUT2D eigenvalue weighted by atomic mass is 9.92. The predicted molar refractivity (Wildman–Crippen MR) is 78.3 cm³/mol. The highest BCUT2D eigenvalue weighted by molar-refractivity contribution is 5.95. The fourth-order valence-corrected chi connectivity index (χ4v) is 1.36. The van der Waals surface area contributed by atoms with Gasteiger partial charge in [-0.2, -0.15) is 0 Å². The Hall–Kier alpha value is -1.55. The third kappa shape index (κ3) is 4.56. The van der Waals surface area contributed by atoms with Gasteiger partial charge in [-0.05, 0) is 39.3 Å². The average molecular weight is 264 g/mol. The van der Waals surface area contributed by atoms with Gasteiger partial charge in [-0.3, -0.25) is 4.79 Å². The van der Waals surface area contributed by atoms with Crippen molar-refractivity contribution in [2.45, 2.75) is 40.2 Å². The Bertz CT molecular complexity index is 430. The maximum absolute atomic E-state index is 12.0. The van der Waals surface area contributed by atoms with E-state index in [9.17, 15) is 4.79 Å². The molecule has 0 aliphatic carbocycles. The summed E-state index contributed by atoms with van der Waals surface area (Å²) in [4.78, 5) is 12.0. The topological polar surface area (TPSA) is 64.3 Å². The van der Waals surface area contributed by atoms with Crippen molar-refractivity contribution >= 4 is 11.6 Å². The molecule has 1 unspecified atom stereocenters. The Morgan fingerprint density at radius 2 is 2.16 bits per heavy atom. The van der Waals surface area contributed by atoms with Gasteiger partial charge in [-0.1, -0.05) is 13.0 Å². The normalized spacial score (nSPS) is 12.9. The van der Waals surface area contributed by atoms with Crippen LogP contribution in [0, 0.1) is 5.41 Å². The number of benzene rings is 1. The minimum absolute atomic E-state index is 0.0873. The Morgan fingerprint density at radius 3 is 2.74 bits per heavy atom. The molecule has 0 fully saturated rings. The van der Waals surface area contributed by atoms with E-state index < -0.39 is 5.41 Å². The van der Waals surface area contributed by atoms with Gasteiger partial charge in [0.15, 0.2) is 0 Å². The van der Waals surface area contributed by atoms with Crippen molar-refractivity contribution in [3.8, 4) is 5.75 Å². The van der Waals surface area contributed by atoms with Gasteiger partial charge >= 0.3 is 0 Å². The Morgan fingerprint density at radius 1 is 1.47 bits per heavy atom. The second-order valence-corrected chi connectivity index (χ2v) is 5.41. The Labute approximate surface area is 115 Å². The van der Waals surface area contributed by atoms with E-state index in [1.54, 1.807) is 0 Å². The molecule has 4 heteroatoms. The molecule has 106 valence electrons. The van der Waals surface area contributed by atoms with Crippen LogP contribution in [-0.2, 0) is 4.79 Å². The molecule has 0 aliphatic heterocycles. The monoisotopic (exact) mass is 264 g/mol. The molecule has 0 saturated carbocycles. The first kappa shape index (κ1) is 15.5. The van der Waals surface area contributed by atoms with E-state index in [0.717, 1.165) is 17.9 Å². The molecule has 0 saturated heterocycles. The summed E-state index contributed by atoms with van der Waals surface area (Å²) in [5, 5.41) is 2.87. The summed E-state index contributed by atoms with van der Waals surface area (Å²) >= 11 is 0. The number of hydrogen-bond acceptors (Lipinski definition) is 3. The van der Waals surface area contributed by atoms with Crippen LogP contribution in [0.4, 0.5) is 5.69 Å². The zero-order valence-corrected chi connectivity index (χ0v) is 12.2. The molecule has 0 bridgehead atoms. The number of nitrogens with two attached hydrogens (primary N) is 1. The van der Waals surface area contributed by atoms with E-state index in [2.05, 4.69) is 12.2 Å². The molecule has 0 radical (unpaired) electrons. The lowest BCUT2D eigenvalue weighted by molar-refractivity contribution is -0.123. The standard InChI is InChI=1S/C15H24N2O2/c1-5-11(2)19-13-8-6-7-12(9-13)17-14(18)15(3,4)10-16/h6-9,11H,5,10,16H2,1-4H3,(H,17,18). The van der Waals surface area contributed by atoms with E-state index in [1.807, 2.05) is 45.0 Å². The molecular formula is C15H24N2O2. The van der Waals surface area contributed by atoms with Crippen LogP contribution >= 0.6 is 0 Å². The summed E-state index contributed by atoms with van der Waals surface area (Å²) in [6, 6.07) is 7.42. The molecule has 1 aromatic rings. The third-order valence-corrected chi connectivity index (χ3v) is 3.13. The molecule has 0 spiro atoms. The summed E-state index contributed by atoms with van der Waals surface area (Å²) in [6.45, 7) is 8.04. The number of anilines is 1. The van der Waals surface area contributed by atoms with Crippen molar-refractivity contribution in [3.63, 3.8) is 0 Å². The van der Waals surface area contributed by atoms with Crippen LogP contribution in [0.5, 0.6) is 5.75 Å². The van der Waals surface area contributed by atoms with Gasteiger partial charge in [-0.25, -0.2) is 0 Å². The Balaban J connectivity index is 2.75. The van der Waals surface area contributed by atoms with Crippen molar-refractivity contribution < 1.29 is 9.53 Å². The average Bonchev–Trinajstić information content (AvgIpc) is 2.38. The SMILES string of the molecule is CCC(C)Oc1cccc(NC(=O)C(C)(C)CN)c1. The summed E-state index contributed by atoms with van der Waals surface area (Å²) in [5.74, 6) is 0.674. The molecule has 0 aromatic heterocycles. The quantitative estimate of drug-likeness (QED) is 0.830. The molecule has 3 N–H and O–H groups in total. The molecular weight excluding hydrogens is 240 g/mol. The first-order valence-electron chi connectivity index (χ1n) is 6.67. The van der Waals surface area contributed by atoms with Crippen molar-refractivity contribution in [1.82, 2.24) is 0 Å². The van der Waals surface area contributed by atoms with E-state index in [4.69, 9.17) is 10.5 Å². The summed E-state index contributed by atoms with van der Waals surface area (Å²) < 4.78 is 5.72. The minimum Gasteiger partial charge on any atom is -0.491 e. The van der Waals surface area contributed by atoms with Gasteiger partial charge in [-0.15, -0.1) is 0 Å². The lowest BCUT2D eigenvalue weighted by Crippen LogP contribution is -2.37. The van der Waals surface area contributed by atoms with Crippen LogP contribution in [0.3, 0.4) is 0 Å². The number of nitrogens with one attached hydrogen (secondary N) is 1. The molecule has 1 aromatic carbocycles. The predicted octanol–water partition coefficient (Wildman–Crippen LogP) is 2.79. The minimum atomic E-state index is -0.576. The fourth-order valence-electron chi connectivity index (χ4n) is 1.36. The molecule has 1 amide bonds. The van der Waals surface area contributed by atoms with E-state index in [0.29, 0.717) is 6.54 Å². The van der Waals surface area contributed by atoms with Crippen LogP contribution in [-0.4, -0.2) is 18.6 Å². The highest BCUT2D eigenvalue weighted by Crippen LogP contribution is 2.22. The van der Waals surface area contributed by atoms with Gasteiger partial charge in [0.2, 0.25) is 5.91 Å². The van der Waals surface area contributed by atoms with Crippen molar-refractivity contribution in [2.24, 2.45) is 11.1 Å². The second kappa shape index (κ2) is 6.57. The maximum atomic E-state index is 12.0. The van der Waals surface area contributed by atoms with Gasteiger partial charge in [0.05, 0.1) is 11.5 Å². The zero-order valence-electron chi connectivity index (χ0n) is 12.2. The summed E-state index contributed by atoms with van der Waals surface area (Å²) in [5.41, 5.74) is 5.74. The number of ether oxygens (including phenoxy) is 1. The molecule has 1 rings (SSSR count). The highest BCUT2D eigenvalue weighted by Gasteiger charge is 2.25. The number of rotatable bonds is 6. The van der Waals surface area contributed by atoms with E-state index >= 15 is 0 Å². The number of amides is 1. The van der Waals surface area contributed by atoms with Gasteiger partial charge < -0.3 is 15.8 Å². The number of hydrogen-bond donors (Lipinski definition) is 2. The van der Waals surface area contributed by atoms with Crippen molar-refractivity contribution in [2.75, 3.05) is 11.9 Å². The molecule has 0 aliphatic rings. The lowest BCUT2D eigenvalue weighted by Gasteiger charge is -2.21. The van der Waals surface area contributed by atoms with Crippen LogP contribution in [0.15, 0.2) is 24.3 Å². The largest absolute Gasteiger partial charge is 0.491 e. The first-order valence-corrected chi connectivity index (χ1v) is 6.67. The number of carbonyl (C=O) groups excluding carboxylic acids is 1. The second-order valence-electron chi connectivity index (χ2n) is 5.41. The molecule has 4 nitrogen and oxygen atoms in total. The highest BCUT2D eigenvalue weighted by atomic mass is 16.5.